The molecule has 2 aromatic carbocycles. The lowest BCUT2D eigenvalue weighted by molar-refractivity contribution is -0.385. The number of fused-ring (bicyclic) bond motifs is 1. The van der Waals surface area contributed by atoms with Gasteiger partial charge in [-0.15, -0.1) is 0 Å². The lowest BCUT2D eigenvalue weighted by Crippen LogP contribution is -2.31. The number of aliphatic hydroxyl groups excluding tert-OH is 1. The molecule has 0 spiro atoms. The van der Waals surface area contributed by atoms with Crippen molar-refractivity contribution in [2.45, 2.75) is 18.4 Å². The number of nitro benzene ring substituents is 1. The summed E-state index contributed by atoms with van der Waals surface area (Å²) < 4.78 is 5.10. The van der Waals surface area contributed by atoms with Gasteiger partial charge in [-0.2, -0.15) is 0 Å². The third-order valence-electron chi connectivity index (χ3n) is 4.22. The summed E-state index contributed by atoms with van der Waals surface area (Å²) in [7, 11) is 1.54. The molecular formula is C17H16N2O5. The van der Waals surface area contributed by atoms with Crippen molar-refractivity contribution >= 4 is 17.3 Å². The van der Waals surface area contributed by atoms with Crippen molar-refractivity contribution in [1.82, 2.24) is 0 Å². The summed E-state index contributed by atoms with van der Waals surface area (Å²) in [6.07, 6.45) is -1.12. The molecule has 3 rings (SSSR count). The van der Waals surface area contributed by atoms with Gasteiger partial charge in [-0.3, -0.25) is 14.9 Å². The minimum Gasteiger partial charge on any atom is -0.497 e. The van der Waals surface area contributed by atoms with Gasteiger partial charge < -0.3 is 15.2 Å². The van der Waals surface area contributed by atoms with Gasteiger partial charge in [0.2, 0.25) is 0 Å². The number of rotatable bonds is 3. The van der Waals surface area contributed by atoms with Crippen LogP contribution < -0.4 is 10.1 Å². The van der Waals surface area contributed by atoms with Crippen molar-refractivity contribution in [3.8, 4) is 5.75 Å². The van der Waals surface area contributed by atoms with E-state index in [1.165, 1.54) is 12.1 Å². The number of nitro groups is 1. The third-order valence-corrected chi connectivity index (χ3v) is 4.22. The maximum absolute atomic E-state index is 12.2. The molecule has 0 saturated carbocycles. The van der Waals surface area contributed by atoms with Crippen LogP contribution in [0.3, 0.4) is 0 Å². The molecule has 124 valence electrons. The number of ether oxygens (including phenoxy) is 1. The normalized spacial score (nSPS) is 19.8. The molecule has 1 amide bonds. The Kier molecular flexibility index (Phi) is 4.18. The van der Waals surface area contributed by atoms with Crippen molar-refractivity contribution in [2.24, 2.45) is 0 Å². The molecule has 7 heteroatoms. The Morgan fingerprint density at radius 2 is 1.96 bits per heavy atom. The standard InChI is InChI=1S/C17H16N2O5/c1-24-11-7-5-10(6-8-11)12-9-13-14(18-17(21)16(12)20)3-2-4-15(13)19(22)23/h2-8,12,16,20H,9H2,1H3,(H,18,21)/t12-,16+/m1/s1. The van der Waals surface area contributed by atoms with E-state index in [0.29, 0.717) is 22.6 Å². The lowest BCUT2D eigenvalue weighted by Gasteiger charge is -2.19. The molecule has 0 aromatic heterocycles. The van der Waals surface area contributed by atoms with Crippen LogP contribution in [0.4, 0.5) is 11.4 Å². The van der Waals surface area contributed by atoms with E-state index in [2.05, 4.69) is 5.32 Å². The van der Waals surface area contributed by atoms with E-state index in [9.17, 15) is 20.0 Å². The van der Waals surface area contributed by atoms with Gasteiger partial charge in [-0.1, -0.05) is 18.2 Å². The second kappa shape index (κ2) is 6.29. The Hall–Kier alpha value is -2.93. The minimum absolute atomic E-state index is 0.0691. The number of nitrogens with one attached hydrogen (secondary N) is 1. The van der Waals surface area contributed by atoms with Crippen LogP contribution in [0.2, 0.25) is 0 Å². The van der Waals surface area contributed by atoms with Crippen LogP contribution in [-0.2, 0) is 11.2 Å². The highest BCUT2D eigenvalue weighted by atomic mass is 16.6. The zero-order valence-corrected chi connectivity index (χ0v) is 12.9. The fraction of sp³-hybridized carbons (Fsp3) is 0.235. The molecule has 0 bridgehead atoms. The van der Waals surface area contributed by atoms with E-state index in [0.717, 1.165) is 0 Å². The van der Waals surface area contributed by atoms with Crippen molar-refractivity contribution in [3.05, 3.63) is 63.7 Å². The molecule has 0 fully saturated rings. The van der Waals surface area contributed by atoms with Gasteiger partial charge in [0.25, 0.3) is 11.6 Å². The van der Waals surface area contributed by atoms with E-state index >= 15 is 0 Å². The van der Waals surface area contributed by atoms with E-state index < -0.39 is 22.9 Å². The summed E-state index contributed by atoms with van der Waals surface area (Å²) in [6.45, 7) is 0. The maximum Gasteiger partial charge on any atom is 0.274 e. The number of hydrogen-bond acceptors (Lipinski definition) is 5. The molecule has 0 saturated heterocycles. The van der Waals surface area contributed by atoms with Gasteiger partial charge in [-0.05, 0) is 30.2 Å². The van der Waals surface area contributed by atoms with Gasteiger partial charge in [0.05, 0.1) is 23.3 Å². The first-order chi connectivity index (χ1) is 11.5. The number of benzene rings is 2. The number of anilines is 1. The topological polar surface area (TPSA) is 102 Å². The molecule has 0 unspecified atom stereocenters. The Morgan fingerprint density at radius 1 is 1.25 bits per heavy atom. The van der Waals surface area contributed by atoms with Crippen LogP contribution in [0, 0.1) is 10.1 Å². The van der Waals surface area contributed by atoms with Crippen LogP contribution in [0.5, 0.6) is 5.75 Å². The molecule has 2 atom stereocenters. The van der Waals surface area contributed by atoms with Crippen molar-refractivity contribution in [2.75, 3.05) is 12.4 Å². The Balaban J connectivity index is 2.06. The summed E-state index contributed by atoms with van der Waals surface area (Å²) in [5, 5.41) is 24.2. The number of methoxy groups -OCH3 is 1. The first kappa shape index (κ1) is 15.9. The summed E-state index contributed by atoms with van der Waals surface area (Å²) in [4.78, 5) is 23.0. The fourth-order valence-electron chi connectivity index (χ4n) is 2.95. The van der Waals surface area contributed by atoms with Crippen LogP contribution in [0.1, 0.15) is 17.0 Å². The van der Waals surface area contributed by atoms with Crippen LogP contribution >= 0.6 is 0 Å². The smallest absolute Gasteiger partial charge is 0.274 e. The number of carbonyl (C=O) groups excluding carboxylic acids is 1. The zero-order valence-electron chi connectivity index (χ0n) is 12.9. The van der Waals surface area contributed by atoms with Crippen LogP contribution in [-0.4, -0.2) is 29.2 Å². The molecular weight excluding hydrogens is 312 g/mol. The Bertz CT molecular complexity index is 788. The first-order valence-electron chi connectivity index (χ1n) is 7.40. The predicted molar refractivity (Wildman–Crippen MR) is 87.2 cm³/mol. The minimum atomic E-state index is -1.30. The molecule has 1 aliphatic heterocycles. The molecule has 0 aliphatic carbocycles. The van der Waals surface area contributed by atoms with Crippen molar-refractivity contribution in [3.63, 3.8) is 0 Å². The summed E-state index contributed by atoms with van der Waals surface area (Å²) in [5.74, 6) is -0.508. The Morgan fingerprint density at radius 3 is 2.58 bits per heavy atom. The summed E-state index contributed by atoms with van der Waals surface area (Å²) in [6, 6.07) is 11.5. The number of carbonyl (C=O) groups is 1. The van der Waals surface area contributed by atoms with Crippen LogP contribution in [0.15, 0.2) is 42.5 Å². The van der Waals surface area contributed by atoms with Gasteiger partial charge in [-0.25, -0.2) is 0 Å². The Labute approximate surface area is 138 Å². The highest BCUT2D eigenvalue weighted by Gasteiger charge is 2.35. The van der Waals surface area contributed by atoms with Crippen molar-refractivity contribution in [1.29, 1.82) is 0 Å². The largest absolute Gasteiger partial charge is 0.497 e. The van der Waals surface area contributed by atoms with E-state index in [-0.39, 0.29) is 12.1 Å². The molecule has 0 radical (unpaired) electrons. The second-order valence-electron chi connectivity index (χ2n) is 5.58. The van der Waals surface area contributed by atoms with Gasteiger partial charge in [0, 0.05) is 12.0 Å². The zero-order chi connectivity index (χ0) is 17.3. The molecule has 7 nitrogen and oxygen atoms in total. The molecule has 1 heterocycles. The number of aliphatic hydroxyl groups is 1. The highest BCUT2D eigenvalue weighted by molar-refractivity contribution is 5.97. The average molecular weight is 328 g/mol. The van der Waals surface area contributed by atoms with Crippen molar-refractivity contribution < 1.29 is 19.6 Å². The van der Waals surface area contributed by atoms with Gasteiger partial charge in [0.1, 0.15) is 11.9 Å². The molecule has 1 aliphatic rings. The lowest BCUT2D eigenvalue weighted by atomic mass is 9.87. The predicted octanol–water partition coefficient (Wildman–Crippen LogP) is 2.24. The quantitative estimate of drug-likeness (QED) is 0.664. The summed E-state index contributed by atoms with van der Waals surface area (Å²) >= 11 is 0. The second-order valence-corrected chi connectivity index (χ2v) is 5.58. The van der Waals surface area contributed by atoms with Gasteiger partial charge in [0.15, 0.2) is 0 Å². The monoisotopic (exact) mass is 328 g/mol. The van der Waals surface area contributed by atoms with E-state index in [4.69, 9.17) is 4.74 Å². The van der Waals surface area contributed by atoms with E-state index in [1.54, 1.807) is 37.4 Å². The van der Waals surface area contributed by atoms with Gasteiger partial charge >= 0.3 is 0 Å². The number of hydrogen-bond donors (Lipinski definition) is 2. The van der Waals surface area contributed by atoms with E-state index in [1.807, 2.05) is 0 Å². The summed E-state index contributed by atoms with van der Waals surface area (Å²) in [5.41, 5.74) is 1.42. The number of nitrogens with zero attached hydrogens (tertiary/aromatic N) is 1. The SMILES string of the molecule is COc1ccc([C@H]2Cc3c(cccc3[N+](=O)[O-])NC(=O)[C@H]2O)cc1. The molecule has 24 heavy (non-hydrogen) atoms. The molecule has 2 N–H and O–H groups in total. The molecule has 2 aromatic rings. The average Bonchev–Trinajstić information content (AvgIpc) is 2.71. The first-order valence-corrected chi connectivity index (χ1v) is 7.40. The maximum atomic E-state index is 12.2. The fourth-order valence-corrected chi connectivity index (χ4v) is 2.95. The highest BCUT2D eigenvalue weighted by Crippen LogP contribution is 2.36. The van der Waals surface area contributed by atoms with Crippen LogP contribution in [0.25, 0.3) is 0 Å². The number of amides is 1. The third kappa shape index (κ3) is 2.81.